The Labute approximate surface area is 81.6 Å². The molecule has 13 heavy (non-hydrogen) atoms. The molecule has 0 bridgehead atoms. The Kier molecular flexibility index (Phi) is 2.07. The van der Waals surface area contributed by atoms with Gasteiger partial charge in [-0.05, 0) is 12.1 Å². The second-order valence-corrected chi connectivity index (χ2v) is 3.17. The zero-order valence-corrected chi connectivity index (χ0v) is 7.97. The molecule has 0 unspecified atom stereocenters. The van der Waals surface area contributed by atoms with E-state index < -0.39 is 0 Å². The summed E-state index contributed by atoms with van der Waals surface area (Å²) in [6.45, 7) is 0. The number of benzene rings is 1. The lowest BCUT2D eigenvalue weighted by Gasteiger charge is -2.04. The molecule has 2 aromatic rings. The molecule has 66 valence electrons. The lowest BCUT2D eigenvalue weighted by Crippen LogP contribution is -1.89. The quantitative estimate of drug-likeness (QED) is 0.703. The molecule has 1 N–H and O–H groups in total. The molecule has 0 saturated carbocycles. The van der Waals surface area contributed by atoms with Crippen LogP contribution < -0.4 is 5.32 Å². The highest BCUT2D eigenvalue weighted by molar-refractivity contribution is 6.30. The van der Waals surface area contributed by atoms with Crippen molar-refractivity contribution >= 4 is 28.1 Å². The Bertz CT molecular complexity index is 440. The first-order chi connectivity index (χ1) is 6.31. The first-order valence-electron chi connectivity index (χ1n) is 4.03. The number of aromatic nitrogens is 1. The van der Waals surface area contributed by atoms with Crippen molar-refractivity contribution in [2.75, 3.05) is 12.4 Å². The van der Waals surface area contributed by atoms with E-state index >= 15 is 0 Å². The molecule has 0 amide bonds. The lowest BCUT2D eigenvalue weighted by molar-refractivity contribution is 1.36. The highest BCUT2D eigenvalue weighted by Crippen LogP contribution is 2.24. The van der Waals surface area contributed by atoms with Gasteiger partial charge in [-0.25, -0.2) is 4.98 Å². The van der Waals surface area contributed by atoms with Crippen molar-refractivity contribution < 1.29 is 0 Å². The van der Waals surface area contributed by atoms with E-state index in [1.807, 2.05) is 31.3 Å². The van der Waals surface area contributed by atoms with E-state index in [9.17, 15) is 0 Å². The number of nitrogens with zero attached hydrogens (tertiary/aromatic N) is 1. The molecule has 0 spiro atoms. The molecule has 0 saturated heterocycles. The maximum Gasteiger partial charge on any atom is 0.129 e. The fraction of sp³-hybridized carbons (Fsp3) is 0.100. The molecule has 0 fully saturated rings. The van der Waals surface area contributed by atoms with Gasteiger partial charge in [-0.2, -0.15) is 0 Å². The van der Waals surface area contributed by atoms with Gasteiger partial charge in [-0.3, -0.25) is 0 Å². The molecule has 0 atom stereocenters. The van der Waals surface area contributed by atoms with E-state index in [1.54, 1.807) is 6.20 Å². The summed E-state index contributed by atoms with van der Waals surface area (Å²) >= 11 is 5.81. The summed E-state index contributed by atoms with van der Waals surface area (Å²) in [4.78, 5) is 4.02. The molecule has 1 aromatic heterocycles. The number of hydrogen-bond donors (Lipinski definition) is 1. The van der Waals surface area contributed by atoms with Crippen molar-refractivity contribution in [2.24, 2.45) is 0 Å². The van der Waals surface area contributed by atoms with Crippen LogP contribution in [0, 0.1) is 0 Å². The van der Waals surface area contributed by atoms with Crippen LogP contribution in [0.1, 0.15) is 0 Å². The standard InChI is InChI=1S/C10H9ClN2/c1-12-9-4-2-3-7-6-13-10(11)5-8(7)9/h2-6,12H,1H3. The topological polar surface area (TPSA) is 24.9 Å². The summed E-state index contributed by atoms with van der Waals surface area (Å²) in [5.41, 5.74) is 1.07. The number of anilines is 1. The van der Waals surface area contributed by atoms with E-state index in [0.29, 0.717) is 5.15 Å². The van der Waals surface area contributed by atoms with Gasteiger partial charge in [0.15, 0.2) is 0 Å². The van der Waals surface area contributed by atoms with Gasteiger partial charge in [0.25, 0.3) is 0 Å². The van der Waals surface area contributed by atoms with Gasteiger partial charge in [0.05, 0.1) is 0 Å². The zero-order valence-electron chi connectivity index (χ0n) is 7.21. The molecular weight excluding hydrogens is 184 g/mol. The summed E-state index contributed by atoms with van der Waals surface area (Å²) in [6.07, 6.45) is 1.78. The summed E-state index contributed by atoms with van der Waals surface area (Å²) in [5.74, 6) is 0. The summed E-state index contributed by atoms with van der Waals surface area (Å²) in [7, 11) is 1.89. The minimum absolute atomic E-state index is 0.523. The van der Waals surface area contributed by atoms with Crippen molar-refractivity contribution in [1.29, 1.82) is 0 Å². The summed E-state index contributed by atoms with van der Waals surface area (Å²) in [6, 6.07) is 7.88. The third-order valence-corrected chi connectivity index (χ3v) is 2.21. The van der Waals surface area contributed by atoms with Crippen molar-refractivity contribution in [1.82, 2.24) is 4.98 Å². The molecular formula is C10H9ClN2. The maximum atomic E-state index is 5.81. The van der Waals surface area contributed by atoms with Crippen LogP contribution in [0.2, 0.25) is 5.15 Å². The molecule has 3 heteroatoms. The third kappa shape index (κ3) is 1.45. The van der Waals surface area contributed by atoms with E-state index in [1.165, 1.54) is 0 Å². The van der Waals surface area contributed by atoms with Gasteiger partial charge in [-0.1, -0.05) is 23.7 Å². The summed E-state index contributed by atoms with van der Waals surface area (Å²) < 4.78 is 0. The van der Waals surface area contributed by atoms with Crippen LogP contribution in [0.4, 0.5) is 5.69 Å². The van der Waals surface area contributed by atoms with Gasteiger partial charge in [0, 0.05) is 29.7 Å². The number of hydrogen-bond acceptors (Lipinski definition) is 2. The van der Waals surface area contributed by atoms with Crippen LogP contribution in [0.25, 0.3) is 10.8 Å². The fourth-order valence-electron chi connectivity index (χ4n) is 1.36. The average Bonchev–Trinajstić information content (AvgIpc) is 2.17. The Morgan fingerprint density at radius 3 is 3.00 bits per heavy atom. The SMILES string of the molecule is CNc1cccc2cnc(Cl)cc12. The lowest BCUT2D eigenvalue weighted by atomic mass is 10.1. The molecule has 0 aliphatic carbocycles. The molecule has 1 heterocycles. The minimum Gasteiger partial charge on any atom is -0.388 e. The van der Waals surface area contributed by atoms with Crippen LogP contribution >= 0.6 is 11.6 Å². The number of nitrogens with one attached hydrogen (secondary N) is 1. The fourth-order valence-corrected chi connectivity index (χ4v) is 1.52. The predicted octanol–water partition coefficient (Wildman–Crippen LogP) is 2.93. The van der Waals surface area contributed by atoms with Crippen molar-refractivity contribution in [2.45, 2.75) is 0 Å². The molecule has 2 nitrogen and oxygen atoms in total. The van der Waals surface area contributed by atoms with Gasteiger partial charge < -0.3 is 5.32 Å². The van der Waals surface area contributed by atoms with Crippen LogP contribution in [0.3, 0.4) is 0 Å². The van der Waals surface area contributed by atoms with Gasteiger partial charge in [0.1, 0.15) is 5.15 Å². The maximum absolute atomic E-state index is 5.81. The molecule has 0 radical (unpaired) electrons. The first kappa shape index (κ1) is 8.32. The molecule has 2 rings (SSSR count). The monoisotopic (exact) mass is 192 g/mol. The number of pyridine rings is 1. The summed E-state index contributed by atoms with van der Waals surface area (Å²) in [5, 5.41) is 5.83. The van der Waals surface area contributed by atoms with Crippen molar-refractivity contribution in [3.8, 4) is 0 Å². The van der Waals surface area contributed by atoms with E-state index in [-0.39, 0.29) is 0 Å². The highest BCUT2D eigenvalue weighted by atomic mass is 35.5. The van der Waals surface area contributed by atoms with Crippen LogP contribution in [-0.2, 0) is 0 Å². The third-order valence-electron chi connectivity index (χ3n) is 2.00. The van der Waals surface area contributed by atoms with Crippen LogP contribution in [0.15, 0.2) is 30.5 Å². The first-order valence-corrected chi connectivity index (χ1v) is 4.41. The van der Waals surface area contributed by atoms with Crippen molar-refractivity contribution in [3.63, 3.8) is 0 Å². The van der Waals surface area contributed by atoms with E-state index in [0.717, 1.165) is 16.5 Å². The second kappa shape index (κ2) is 3.23. The van der Waals surface area contributed by atoms with Gasteiger partial charge in [0.2, 0.25) is 0 Å². The molecule has 0 aliphatic heterocycles. The largest absolute Gasteiger partial charge is 0.388 e. The minimum atomic E-state index is 0.523. The second-order valence-electron chi connectivity index (χ2n) is 2.78. The number of halogens is 1. The molecule has 0 aliphatic rings. The van der Waals surface area contributed by atoms with Gasteiger partial charge >= 0.3 is 0 Å². The molecule has 1 aromatic carbocycles. The number of fused-ring (bicyclic) bond motifs is 1. The van der Waals surface area contributed by atoms with E-state index in [2.05, 4.69) is 10.3 Å². The Morgan fingerprint density at radius 1 is 1.38 bits per heavy atom. The Morgan fingerprint density at radius 2 is 2.23 bits per heavy atom. The Balaban J connectivity index is 2.79. The van der Waals surface area contributed by atoms with Crippen molar-refractivity contribution in [3.05, 3.63) is 35.6 Å². The Hall–Kier alpha value is -1.28. The average molecular weight is 193 g/mol. The van der Waals surface area contributed by atoms with Crippen LogP contribution in [0.5, 0.6) is 0 Å². The van der Waals surface area contributed by atoms with Gasteiger partial charge in [-0.15, -0.1) is 0 Å². The predicted molar refractivity (Wildman–Crippen MR) is 56.3 cm³/mol. The highest BCUT2D eigenvalue weighted by Gasteiger charge is 1.99. The van der Waals surface area contributed by atoms with Crippen LogP contribution in [-0.4, -0.2) is 12.0 Å². The van der Waals surface area contributed by atoms with E-state index in [4.69, 9.17) is 11.6 Å². The zero-order chi connectivity index (χ0) is 9.26. The number of rotatable bonds is 1. The normalized spacial score (nSPS) is 10.3. The smallest absolute Gasteiger partial charge is 0.129 e.